The molecule has 0 spiro atoms. The molecule has 0 aliphatic carbocycles. The Labute approximate surface area is 98.7 Å². The molecule has 0 fully saturated rings. The van der Waals surface area contributed by atoms with E-state index in [1.165, 1.54) is 24.3 Å². The van der Waals surface area contributed by atoms with E-state index in [1.807, 2.05) is 0 Å². The van der Waals surface area contributed by atoms with Crippen molar-refractivity contribution in [2.45, 2.75) is 9.79 Å². The molecule has 0 bridgehead atoms. The number of aromatic hydroxyl groups is 2. The number of phenolic OH excluding ortho intramolecular Hbond substituents is 2. The summed E-state index contributed by atoms with van der Waals surface area (Å²) in [5.41, 5.74) is 0. The lowest BCUT2D eigenvalue weighted by atomic mass is 10.3. The fraction of sp³-hybridized carbons (Fsp3) is 0. The van der Waals surface area contributed by atoms with Crippen LogP contribution in [0.2, 0.25) is 0 Å². The van der Waals surface area contributed by atoms with Gasteiger partial charge >= 0.3 is 0 Å². The molecule has 0 saturated carbocycles. The van der Waals surface area contributed by atoms with E-state index in [-0.39, 0.29) is 15.5 Å². The van der Waals surface area contributed by atoms with Crippen molar-refractivity contribution in [2.24, 2.45) is 0 Å². The highest BCUT2D eigenvalue weighted by Crippen LogP contribution is 2.30. The molecule has 2 rings (SSSR count). The summed E-state index contributed by atoms with van der Waals surface area (Å²) in [5, 5.41) is 18.7. The normalized spacial score (nSPS) is 11.3. The van der Waals surface area contributed by atoms with E-state index in [1.54, 1.807) is 18.2 Å². The van der Waals surface area contributed by atoms with Gasteiger partial charge in [-0.1, -0.05) is 18.2 Å². The van der Waals surface area contributed by atoms with Gasteiger partial charge in [-0.15, -0.1) is 0 Å². The summed E-state index contributed by atoms with van der Waals surface area (Å²) in [6, 6.07) is 11.2. The first kappa shape index (κ1) is 11.5. The smallest absolute Gasteiger partial charge is 0.210 e. The number of phenols is 2. The Balaban J connectivity index is 2.61. The average molecular weight is 250 g/mol. The minimum atomic E-state index is -3.75. The Morgan fingerprint density at radius 2 is 1.53 bits per heavy atom. The zero-order chi connectivity index (χ0) is 12.5. The van der Waals surface area contributed by atoms with Gasteiger partial charge in [0.15, 0.2) is 0 Å². The van der Waals surface area contributed by atoms with Gasteiger partial charge in [-0.3, -0.25) is 0 Å². The van der Waals surface area contributed by atoms with Crippen LogP contribution < -0.4 is 0 Å². The standard InChI is InChI=1S/C12H10O4S/c13-9-6-7-12(11(14)8-9)17(15,16)10-4-2-1-3-5-10/h1-8,13-14H. The first-order valence-corrected chi connectivity index (χ1v) is 6.32. The fourth-order valence-corrected chi connectivity index (χ4v) is 2.81. The number of rotatable bonds is 2. The molecule has 5 heteroatoms. The summed E-state index contributed by atoms with van der Waals surface area (Å²) in [7, 11) is -3.75. The molecule has 0 aliphatic heterocycles. The number of hydrogen-bond acceptors (Lipinski definition) is 4. The van der Waals surface area contributed by atoms with Gasteiger partial charge in [-0.2, -0.15) is 0 Å². The minimum Gasteiger partial charge on any atom is -0.508 e. The Kier molecular flexibility index (Phi) is 2.77. The summed E-state index contributed by atoms with van der Waals surface area (Å²) >= 11 is 0. The maximum Gasteiger partial charge on any atom is 0.210 e. The molecule has 0 aliphatic rings. The zero-order valence-corrected chi connectivity index (χ0v) is 9.55. The van der Waals surface area contributed by atoms with Gasteiger partial charge in [0.1, 0.15) is 16.4 Å². The monoisotopic (exact) mass is 250 g/mol. The van der Waals surface area contributed by atoms with Crippen LogP contribution in [0.25, 0.3) is 0 Å². The third-order valence-electron chi connectivity index (χ3n) is 2.29. The van der Waals surface area contributed by atoms with Gasteiger partial charge in [0, 0.05) is 6.07 Å². The second-order valence-corrected chi connectivity index (χ2v) is 5.39. The Hall–Kier alpha value is -2.01. The molecule has 0 heterocycles. The fourth-order valence-electron chi connectivity index (χ4n) is 1.46. The lowest BCUT2D eigenvalue weighted by Crippen LogP contribution is -2.01. The van der Waals surface area contributed by atoms with Gasteiger partial charge < -0.3 is 10.2 Å². The summed E-state index contributed by atoms with van der Waals surface area (Å²) in [6.45, 7) is 0. The van der Waals surface area contributed by atoms with E-state index in [9.17, 15) is 13.5 Å². The summed E-state index contributed by atoms with van der Waals surface area (Å²) < 4.78 is 24.2. The van der Waals surface area contributed by atoms with Crippen molar-refractivity contribution in [3.05, 3.63) is 48.5 Å². The molecule has 2 aromatic rings. The average Bonchev–Trinajstić information content (AvgIpc) is 2.29. The van der Waals surface area contributed by atoms with E-state index >= 15 is 0 Å². The first-order chi connectivity index (χ1) is 8.01. The van der Waals surface area contributed by atoms with Crippen LogP contribution in [0.5, 0.6) is 11.5 Å². The molecule has 2 aromatic carbocycles. The van der Waals surface area contributed by atoms with Crippen LogP contribution in [0.1, 0.15) is 0 Å². The largest absolute Gasteiger partial charge is 0.508 e. The van der Waals surface area contributed by atoms with Crippen LogP contribution in [0.15, 0.2) is 58.3 Å². The third kappa shape index (κ3) is 2.09. The lowest BCUT2D eigenvalue weighted by Gasteiger charge is -2.06. The molecule has 0 saturated heterocycles. The highest BCUT2D eigenvalue weighted by atomic mass is 32.2. The van der Waals surface area contributed by atoms with Crippen LogP contribution >= 0.6 is 0 Å². The van der Waals surface area contributed by atoms with Crippen molar-refractivity contribution in [3.8, 4) is 11.5 Å². The SMILES string of the molecule is O=S(=O)(c1ccccc1)c1ccc(O)cc1O. The molecule has 2 N–H and O–H groups in total. The lowest BCUT2D eigenvalue weighted by molar-refractivity contribution is 0.439. The molecule has 0 atom stereocenters. The second-order valence-electron chi connectivity index (χ2n) is 3.47. The minimum absolute atomic E-state index is 0.0981. The molecular weight excluding hydrogens is 240 g/mol. The highest BCUT2D eigenvalue weighted by Gasteiger charge is 2.21. The van der Waals surface area contributed by atoms with E-state index in [0.29, 0.717) is 0 Å². The van der Waals surface area contributed by atoms with Crippen LogP contribution in [0.3, 0.4) is 0 Å². The zero-order valence-electron chi connectivity index (χ0n) is 8.74. The quantitative estimate of drug-likeness (QED) is 0.854. The van der Waals surface area contributed by atoms with Crippen molar-refractivity contribution in [1.82, 2.24) is 0 Å². The Morgan fingerprint density at radius 1 is 0.882 bits per heavy atom. The molecular formula is C12H10O4S. The molecule has 0 radical (unpaired) electrons. The summed E-state index contributed by atoms with van der Waals surface area (Å²) in [4.78, 5) is -0.123. The van der Waals surface area contributed by atoms with Crippen LogP contribution in [0.4, 0.5) is 0 Å². The summed E-state index contributed by atoms with van der Waals surface area (Å²) in [6.07, 6.45) is 0. The number of benzene rings is 2. The van der Waals surface area contributed by atoms with E-state index in [4.69, 9.17) is 5.11 Å². The maximum absolute atomic E-state index is 12.1. The van der Waals surface area contributed by atoms with Gasteiger partial charge in [0.25, 0.3) is 0 Å². The topological polar surface area (TPSA) is 74.6 Å². The molecule has 17 heavy (non-hydrogen) atoms. The third-order valence-corrected chi connectivity index (χ3v) is 4.10. The van der Waals surface area contributed by atoms with Crippen molar-refractivity contribution >= 4 is 9.84 Å². The van der Waals surface area contributed by atoms with E-state index in [2.05, 4.69) is 0 Å². The Bertz CT molecular complexity index is 633. The van der Waals surface area contributed by atoms with E-state index < -0.39 is 15.6 Å². The predicted molar refractivity (Wildman–Crippen MR) is 61.7 cm³/mol. The Morgan fingerprint density at radius 3 is 2.12 bits per heavy atom. The molecule has 4 nitrogen and oxygen atoms in total. The number of sulfone groups is 1. The predicted octanol–water partition coefficient (Wildman–Crippen LogP) is 1.93. The van der Waals surface area contributed by atoms with Crippen LogP contribution in [0, 0.1) is 0 Å². The molecule has 0 aromatic heterocycles. The first-order valence-electron chi connectivity index (χ1n) is 4.84. The number of hydrogen-bond donors (Lipinski definition) is 2. The van der Waals surface area contributed by atoms with Gasteiger partial charge in [-0.25, -0.2) is 8.42 Å². The van der Waals surface area contributed by atoms with Crippen molar-refractivity contribution in [3.63, 3.8) is 0 Å². The van der Waals surface area contributed by atoms with Gasteiger partial charge in [0.2, 0.25) is 9.84 Å². The maximum atomic E-state index is 12.1. The molecule has 0 amide bonds. The van der Waals surface area contributed by atoms with Crippen molar-refractivity contribution < 1.29 is 18.6 Å². The molecule has 0 unspecified atom stereocenters. The van der Waals surface area contributed by atoms with Gasteiger partial charge in [0.05, 0.1) is 4.90 Å². The van der Waals surface area contributed by atoms with Crippen LogP contribution in [-0.2, 0) is 9.84 Å². The van der Waals surface area contributed by atoms with E-state index in [0.717, 1.165) is 6.07 Å². The van der Waals surface area contributed by atoms with Crippen LogP contribution in [-0.4, -0.2) is 18.6 Å². The van der Waals surface area contributed by atoms with Crippen molar-refractivity contribution in [1.29, 1.82) is 0 Å². The van der Waals surface area contributed by atoms with Crippen molar-refractivity contribution in [2.75, 3.05) is 0 Å². The summed E-state index contributed by atoms with van der Waals surface area (Å²) in [5.74, 6) is -0.650. The molecule has 88 valence electrons. The second kappa shape index (κ2) is 4.10. The highest BCUT2D eigenvalue weighted by molar-refractivity contribution is 7.91. The van der Waals surface area contributed by atoms with Gasteiger partial charge in [-0.05, 0) is 24.3 Å².